The lowest BCUT2D eigenvalue weighted by atomic mass is 9.98. The third-order valence-corrected chi connectivity index (χ3v) is 3.73. The largest absolute Gasteiger partial charge is 0.366 e. The van der Waals surface area contributed by atoms with Crippen LogP contribution in [0.25, 0.3) is 0 Å². The highest BCUT2D eigenvalue weighted by atomic mass is 16.6. The molecule has 0 amide bonds. The molecule has 2 heterocycles. The summed E-state index contributed by atoms with van der Waals surface area (Å²) >= 11 is 0. The fraction of sp³-hybridized carbons (Fsp3) is 0.643. The first-order valence-corrected chi connectivity index (χ1v) is 7.15. The van der Waals surface area contributed by atoms with Gasteiger partial charge < -0.3 is 20.3 Å². The highest BCUT2D eigenvalue weighted by Gasteiger charge is 2.20. The second-order valence-corrected chi connectivity index (χ2v) is 5.59. The Morgan fingerprint density at radius 1 is 1.55 bits per heavy atom. The molecule has 1 N–H and O–H groups in total. The zero-order valence-corrected chi connectivity index (χ0v) is 12.1. The molecule has 0 saturated carbocycles. The molecule has 1 fully saturated rings. The van der Waals surface area contributed by atoms with E-state index in [1.165, 1.54) is 18.9 Å². The fourth-order valence-electron chi connectivity index (χ4n) is 2.63. The number of hydrogen-bond donors (Lipinski definition) is 1. The monoisotopic (exact) mass is 278 g/mol. The van der Waals surface area contributed by atoms with Crippen LogP contribution in [0, 0.1) is 16.0 Å². The minimum atomic E-state index is -0.464. The van der Waals surface area contributed by atoms with Crippen molar-refractivity contribution in [1.29, 1.82) is 0 Å². The molecule has 0 spiro atoms. The molecule has 1 unspecified atom stereocenters. The first-order chi connectivity index (χ1) is 9.58. The van der Waals surface area contributed by atoms with Crippen LogP contribution in [0.4, 0.5) is 11.5 Å². The maximum Gasteiger partial charge on any atom is 0.363 e. The Morgan fingerprint density at radius 3 is 2.85 bits per heavy atom. The number of nitrogens with one attached hydrogen (secondary N) is 1. The van der Waals surface area contributed by atoms with E-state index in [1.807, 2.05) is 0 Å². The predicted octanol–water partition coefficient (Wildman–Crippen LogP) is 2.20. The number of nitro groups is 1. The van der Waals surface area contributed by atoms with Crippen LogP contribution in [0.15, 0.2) is 18.3 Å². The second kappa shape index (κ2) is 6.65. The third kappa shape index (κ3) is 3.66. The van der Waals surface area contributed by atoms with Crippen LogP contribution >= 0.6 is 0 Å². The maximum absolute atomic E-state index is 10.7. The van der Waals surface area contributed by atoms with Crippen LogP contribution in [-0.4, -0.2) is 35.6 Å². The van der Waals surface area contributed by atoms with Crippen LogP contribution < -0.4 is 10.2 Å². The Labute approximate surface area is 119 Å². The van der Waals surface area contributed by atoms with Gasteiger partial charge in [0.25, 0.3) is 0 Å². The van der Waals surface area contributed by atoms with Crippen LogP contribution in [0.2, 0.25) is 0 Å². The van der Waals surface area contributed by atoms with E-state index in [0.29, 0.717) is 12.0 Å². The average Bonchev–Trinajstić information content (AvgIpc) is 2.45. The molecule has 1 atom stereocenters. The molecule has 0 aromatic carbocycles. The highest BCUT2D eigenvalue weighted by Crippen LogP contribution is 2.22. The molecule has 1 aliphatic heterocycles. The zero-order valence-electron chi connectivity index (χ0n) is 12.1. The third-order valence-electron chi connectivity index (χ3n) is 3.73. The van der Waals surface area contributed by atoms with Crippen molar-refractivity contribution in [3.8, 4) is 0 Å². The minimum absolute atomic E-state index is 0.100. The first-order valence-electron chi connectivity index (χ1n) is 7.15. The van der Waals surface area contributed by atoms with Crippen molar-refractivity contribution in [3.05, 3.63) is 28.4 Å². The summed E-state index contributed by atoms with van der Waals surface area (Å²) in [5.41, 5.74) is 0.955. The Bertz CT molecular complexity index is 441. The molecular weight excluding hydrogens is 256 g/mol. The summed E-state index contributed by atoms with van der Waals surface area (Å²) < 4.78 is 0. The lowest BCUT2D eigenvalue weighted by Crippen LogP contribution is -2.41. The second-order valence-electron chi connectivity index (χ2n) is 5.59. The van der Waals surface area contributed by atoms with Crippen LogP contribution in [-0.2, 0) is 0 Å². The molecule has 1 saturated heterocycles. The number of nitrogens with zero attached hydrogens (tertiary/aromatic N) is 3. The Balaban J connectivity index is 2.09. The molecule has 0 aliphatic carbocycles. The quantitative estimate of drug-likeness (QED) is 0.660. The van der Waals surface area contributed by atoms with Gasteiger partial charge in [0.05, 0.1) is 5.69 Å². The molecule has 20 heavy (non-hydrogen) atoms. The summed E-state index contributed by atoms with van der Waals surface area (Å²) in [4.78, 5) is 16.4. The number of aromatic nitrogens is 1. The van der Waals surface area contributed by atoms with Crippen molar-refractivity contribution in [2.24, 2.45) is 5.92 Å². The summed E-state index contributed by atoms with van der Waals surface area (Å²) in [5.74, 6) is 0.526. The number of hydrogen-bond acceptors (Lipinski definition) is 5. The Hall–Kier alpha value is -1.69. The van der Waals surface area contributed by atoms with Gasteiger partial charge >= 0.3 is 5.82 Å². The average molecular weight is 278 g/mol. The Morgan fingerprint density at radius 2 is 2.35 bits per heavy atom. The van der Waals surface area contributed by atoms with Gasteiger partial charge in [0.2, 0.25) is 0 Å². The summed E-state index contributed by atoms with van der Waals surface area (Å²) in [6.45, 7) is 7.39. The minimum Gasteiger partial charge on any atom is -0.366 e. The standard InChI is InChI=1S/C14H22N4O2/c1-11(2)17(10-12-4-3-7-15-8-12)13-5-6-14(16-9-13)18(19)20/h5-6,9,11-12,15H,3-4,7-8,10H2,1-2H3. The van der Waals surface area contributed by atoms with Gasteiger partial charge in [-0.2, -0.15) is 0 Å². The fourth-order valence-corrected chi connectivity index (χ4v) is 2.63. The lowest BCUT2D eigenvalue weighted by Gasteiger charge is -2.33. The molecule has 110 valence electrons. The Kier molecular flexibility index (Phi) is 4.89. The molecule has 0 bridgehead atoms. The molecule has 0 radical (unpaired) electrons. The number of anilines is 1. The molecule has 6 nitrogen and oxygen atoms in total. The molecule has 1 aromatic heterocycles. The molecule has 1 aromatic rings. The van der Waals surface area contributed by atoms with E-state index in [4.69, 9.17) is 0 Å². The van der Waals surface area contributed by atoms with Crippen molar-refractivity contribution < 1.29 is 4.92 Å². The van der Waals surface area contributed by atoms with Gasteiger partial charge in [-0.15, -0.1) is 0 Å². The predicted molar refractivity (Wildman–Crippen MR) is 79.0 cm³/mol. The first kappa shape index (κ1) is 14.7. The van der Waals surface area contributed by atoms with E-state index >= 15 is 0 Å². The normalized spacial score (nSPS) is 19.1. The lowest BCUT2D eigenvalue weighted by molar-refractivity contribution is -0.389. The topological polar surface area (TPSA) is 71.3 Å². The highest BCUT2D eigenvalue weighted by molar-refractivity contribution is 5.47. The number of pyridine rings is 1. The van der Waals surface area contributed by atoms with E-state index < -0.39 is 4.92 Å². The van der Waals surface area contributed by atoms with E-state index in [9.17, 15) is 10.1 Å². The van der Waals surface area contributed by atoms with E-state index in [0.717, 1.165) is 25.3 Å². The molecule has 2 rings (SSSR count). The van der Waals surface area contributed by atoms with Crippen molar-refractivity contribution in [3.63, 3.8) is 0 Å². The summed E-state index contributed by atoms with van der Waals surface area (Å²) in [7, 11) is 0. The zero-order chi connectivity index (χ0) is 14.5. The van der Waals surface area contributed by atoms with Gasteiger partial charge in [0.15, 0.2) is 6.20 Å². The smallest absolute Gasteiger partial charge is 0.363 e. The van der Waals surface area contributed by atoms with E-state index in [-0.39, 0.29) is 5.82 Å². The van der Waals surface area contributed by atoms with Crippen molar-refractivity contribution in [2.75, 3.05) is 24.5 Å². The van der Waals surface area contributed by atoms with Gasteiger partial charge in [-0.05, 0) is 61.7 Å². The van der Waals surface area contributed by atoms with E-state index in [1.54, 1.807) is 12.3 Å². The summed E-state index contributed by atoms with van der Waals surface area (Å²) in [6, 6.07) is 3.62. The van der Waals surface area contributed by atoms with Gasteiger partial charge in [0.1, 0.15) is 0 Å². The summed E-state index contributed by atoms with van der Waals surface area (Å²) in [6.07, 6.45) is 4.06. The van der Waals surface area contributed by atoms with Crippen LogP contribution in [0.1, 0.15) is 26.7 Å². The van der Waals surface area contributed by atoms with Crippen molar-refractivity contribution in [1.82, 2.24) is 10.3 Å². The maximum atomic E-state index is 10.7. The van der Waals surface area contributed by atoms with Crippen molar-refractivity contribution >= 4 is 11.5 Å². The van der Waals surface area contributed by atoms with Crippen molar-refractivity contribution in [2.45, 2.75) is 32.7 Å². The molecule has 1 aliphatic rings. The van der Waals surface area contributed by atoms with Crippen LogP contribution in [0.3, 0.4) is 0 Å². The number of piperidine rings is 1. The number of rotatable bonds is 5. The van der Waals surface area contributed by atoms with Gasteiger partial charge in [0, 0.05) is 18.7 Å². The van der Waals surface area contributed by atoms with Gasteiger partial charge in [-0.3, -0.25) is 0 Å². The summed E-state index contributed by atoms with van der Waals surface area (Å²) in [5, 5.41) is 14.1. The van der Waals surface area contributed by atoms with Gasteiger partial charge in [-0.1, -0.05) is 0 Å². The van der Waals surface area contributed by atoms with Crippen LogP contribution in [0.5, 0.6) is 0 Å². The van der Waals surface area contributed by atoms with E-state index in [2.05, 4.69) is 29.0 Å². The SMILES string of the molecule is CC(C)N(CC1CCCNC1)c1ccc([N+](=O)[O-])nc1. The molecular formula is C14H22N4O2. The van der Waals surface area contributed by atoms with Gasteiger partial charge in [-0.25, -0.2) is 0 Å². The molecule has 6 heteroatoms.